The average molecular weight is 420 g/mol. The summed E-state index contributed by atoms with van der Waals surface area (Å²) >= 11 is 0. The standard InChI is InChI=1S/C25H29N3O3/c1-17-8-6-7-9-18(17)15-28-23(29)21-14-22-20(12-13-31-22)27(21)16-25(28,2)24(30)26-19-10-4-3-5-11-19/h6-9,12-14,19H,3-5,10-11,15-16H2,1-2H3,(H,26,30). The van der Waals surface area contributed by atoms with Gasteiger partial charge in [0.25, 0.3) is 5.91 Å². The second-order valence-electron chi connectivity index (χ2n) is 9.19. The van der Waals surface area contributed by atoms with Crippen LogP contribution in [0.1, 0.15) is 60.6 Å². The Balaban J connectivity index is 1.54. The Morgan fingerprint density at radius 3 is 2.74 bits per heavy atom. The molecule has 162 valence electrons. The van der Waals surface area contributed by atoms with Gasteiger partial charge in [-0.05, 0) is 37.8 Å². The molecule has 1 aromatic carbocycles. The van der Waals surface area contributed by atoms with Crippen LogP contribution in [0.15, 0.2) is 47.1 Å². The van der Waals surface area contributed by atoms with Crippen LogP contribution in [0, 0.1) is 6.92 Å². The zero-order valence-corrected chi connectivity index (χ0v) is 18.2. The van der Waals surface area contributed by atoms with E-state index in [1.807, 2.05) is 48.7 Å². The number of aromatic nitrogens is 1. The van der Waals surface area contributed by atoms with Gasteiger partial charge in [-0.2, -0.15) is 0 Å². The average Bonchev–Trinajstić information content (AvgIpc) is 3.35. The van der Waals surface area contributed by atoms with Crippen LogP contribution in [0.4, 0.5) is 0 Å². The van der Waals surface area contributed by atoms with Crippen molar-refractivity contribution >= 4 is 22.9 Å². The first-order chi connectivity index (χ1) is 15.0. The molecule has 31 heavy (non-hydrogen) atoms. The fraction of sp³-hybridized carbons (Fsp3) is 0.440. The van der Waals surface area contributed by atoms with Crippen LogP contribution in [0.2, 0.25) is 0 Å². The Morgan fingerprint density at radius 2 is 1.97 bits per heavy atom. The highest BCUT2D eigenvalue weighted by atomic mass is 16.3. The highest BCUT2D eigenvalue weighted by molar-refractivity contribution is 6.02. The van der Waals surface area contributed by atoms with Crippen molar-refractivity contribution in [2.24, 2.45) is 0 Å². The molecule has 1 unspecified atom stereocenters. The van der Waals surface area contributed by atoms with Gasteiger partial charge in [0.2, 0.25) is 5.91 Å². The van der Waals surface area contributed by atoms with Crippen molar-refractivity contribution in [1.29, 1.82) is 0 Å². The van der Waals surface area contributed by atoms with Gasteiger partial charge in [0.1, 0.15) is 11.2 Å². The lowest BCUT2D eigenvalue weighted by molar-refractivity contribution is -0.134. The molecule has 6 heteroatoms. The minimum atomic E-state index is -0.993. The van der Waals surface area contributed by atoms with Crippen molar-refractivity contribution in [3.8, 4) is 0 Å². The first-order valence-electron chi connectivity index (χ1n) is 11.2. The highest BCUT2D eigenvalue weighted by Crippen LogP contribution is 2.34. The molecule has 0 spiro atoms. The molecule has 1 saturated carbocycles. The topological polar surface area (TPSA) is 67.5 Å². The number of carbonyl (C=O) groups is 2. The molecule has 1 fully saturated rings. The number of carbonyl (C=O) groups excluding carboxylic acids is 2. The molecule has 3 aromatic rings. The third-order valence-corrected chi connectivity index (χ3v) is 7.07. The number of hydrogen-bond donors (Lipinski definition) is 1. The van der Waals surface area contributed by atoms with Crippen molar-refractivity contribution in [3.05, 3.63) is 59.5 Å². The normalized spacial score (nSPS) is 22.0. The van der Waals surface area contributed by atoms with Gasteiger partial charge < -0.3 is 19.2 Å². The summed E-state index contributed by atoms with van der Waals surface area (Å²) in [5, 5.41) is 3.28. The SMILES string of the molecule is Cc1ccccc1CN1C(=O)c2cc3occc3n2CC1(C)C(=O)NC1CCCCC1. The first kappa shape index (κ1) is 19.9. The first-order valence-corrected chi connectivity index (χ1v) is 11.2. The van der Waals surface area contributed by atoms with Gasteiger partial charge in [-0.25, -0.2) is 0 Å². The maximum atomic E-state index is 13.7. The van der Waals surface area contributed by atoms with E-state index in [1.54, 1.807) is 17.2 Å². The zero-order valence-electron chi connectivity index (χ0n) is 18.2. The van der Waals surface area contributed by atoms with Gasteiger partial charge in [-0.3, -0.25) is 9.59 Å². The molecule has 0 bridgehead atoms. The van der Waals surface area contributed by atoms with Gasteiger partial charge in [-0.1, -0.05) is 43.5 Å². The summed E-state index contributed by atoms with van der Waals surface area (Å²) in [6.45, 7) is 4.74. The molecule has 6 nitrogen and oxygen atoms in total. The molecule has 1 atom stereocenters. The number of benzene rings is 1. The smallest absolute Gasteiger partial charge is 0.271 e. The summed E-state index contributed by atoms with van der Waals surface area (Å²) in [4.78, 5) is 29.1. The lowest BCUT2D eigenvalue weighted by Crippen LogP contribution is -2.64. The summed E-state index contributed by atoms with van der Waals surface area (Å²) < 4.78 is 7.49. The van der Waals surface area contributed by atoms with E-state index >= 15 is 0 Å². The third-order valence-electron chi connectivity index (χ3n) is 7.07. The lowest BCUT2D eigenvalue weighted by Gasteiger charge is -2.45. The van der Waals surface area contributed by atoms with Crippen LogP contribution >= 0.6 is 0 Å². The van der Waals surface area contributed by atoms with E-state index in [4.69, 9.17) is 4.42 Å². The lowest BCUT2D eigenvalue weighted by atomic mass is 9.90. The Labute approximate surface area is 182 Å². The predicted octanol–water partition coefficient (Wildman–Crippen LogP) is 4.41. The van der Waals surface area contributed by atoms with Crippen LogP contribution < -0.4 is 5.32 Å². The van der Waals surface area contributed by atoms with Crippen LogP contribution in [-0.2, 0) is 17.9 Å². The maximum absolute atomic E-state index is 13.7. The summed E-state index contributed by atoms with van der Waals surface area (Å²) in [6.07, 6.45) is 7.16. The van der Waals surface area contributed by atoms with Crippen molar-refractivity contribution in [1.82, 2.24) is 14.8 Å². The largest absolute Gasteiger partial charge is 0.463 e. The molecule has 1 aliphatic carbocycles. The number of hydrogen-bond acceptors (Lipinski definition) is 3. The van der Waals surface area contributed by atoms with Gasteiger partial charge >= 0.3 is 0 Å². The number of fused-ring (bicyclic) bond motifs is 3. The minimum Gasteiger partial charge on any atom is -0.463 e. The fourth-order valence-electron chi connectivity index (χ4n) is 5.07. The molecular weight excluding hydrogens is 390 g/mol. The summed E-state index contributed by atoms with van der Waals surface area (Å²) in [5.41, 5.74) is 3.28. The minimum absolute atomic E-state index is 0.0719. The van der Waals surface area contributed by atoms with E-state index in [9.17, 15) is 9.59 Å². The number of aryl methyl sites for hydroxylation is 1. The number of rotatable bonds is 4. The Hall–Kier alpha value is -3.02. The van der Waals surface area contributed by atoms with Crippen molar-refractivity contribution in [2.75, 3.05) is 0 Å². The van der Waals surface area contributed by atoms with Crippen LogP contribution in [0.5, 0.6) is 0 Å². The van der Waals surface area contributed by atoms with Crippen LogP contribution in [-0.4, -0.2) is 32.9 Å². The van der Waals surface area contributed by atoms with Gasteiger partial charge in [0.15, 0.2) is 5.58 Å². The second-order valence-corrected chi connectivity index (χ2v) is 9.19. The van der Waals surface area contributed by atoms with Gasteiger partial charge in [0, 0.05) is 24.7 Å². The molecule has 2 aromatic heterocycles. The van der Waals surface area contributed by atoms with Gasteiger partial charge in [0.05, 0.1) is 18.3 Å². The van der Waals surface area contributed by atoms with E-state index in [2.05, 4.69) is 5.32 Å². The van der Waals surface area contributed by atoms with Crippen molar-refractivity contribution < 1.29 is 14.0 Å². The molecule has 1 N–H and O–H groups in total. The Bertz CT molecular complexity index is 1140. The van der Waals surface area contributed by atoms with Crippen LogP contribution in [0.3, 0.4) is 0 Å². The van der Waals surface area contributed by atoms with Crippen molar-refractivity contribution in [3.63, 3.8) is 0 Å². The zero-order chi connectivity index (χ0) is 21.6. The van der Waals surface area contributed by atoms with E-state index in [1.165, 1.54) is 6.42 Å². The third kappa shape index (κ3) is 3.34. The van der Waals surface area contributed by atoms with E-state index < -0.39 is 5.54 Å². The molecule has 0 saturated heterocycles. The summed E-state index contributed by atoms with van der Waals surface area (Å²) in [6, 6.07) is 11.9. The maximum Gasteiger partial charge on any atom is 0.271 e. The van der Waals surface area contributed by atoms with Gasteiger partial charge in [-0.15, -0.1) is 0 Å². The highest BCUT2D eigenvalue weighted by Gasteiger charge is 2.48. The fourth-order valence-corrected chi connectivity index (χ4v) is 5.07. The van der Waals surface area contributed by atoms with Crippen LogP contribution in [0.25, 0.3) is 11.1 Å². The number of nitrogens with one attached hydrogen (secondary N) is 1. The number of nitrogens with zero attached hydrogens (tertiary/aromatic N) is 2. The Kier molecular flexibility index (Phi) is 4.88. The molecule has 2 amide bonds. The monoisotopic (exact) mass is 419 g/mol. The number of furan rings is 1. The van der Waals surface area contributed by atoms with Crippen molar-refractivity contribution in [2.45, 2.75) is 70.6 Å². The molecule has 3 heterocycles. The summed E-state index contributed by atoms with van der Waals surface area (Å²) in [5.74, 6) is -0.209. The van der Waals surface area contributed by atoms with E-state index in [0.717, 1.165) is 42.3 Å². The summed E-state index contributed by atoms with van der Waals surface area (Å²) in [7, 11) is 0. The number of amides is 2. The molecule has 2 aliphatic rings. The van der Waals surface area contributed by atoms with E-state index in [-0.39, 0.29) is 17.9 Å². The molecule has 1 aliphatic heterocycles. The molecular formula is C25H29N3O3. The van der Waals surface area contributed by atoms with E-state index in [0.29, 0.717) is 24.4 Å². The predicted molar refractivity (Wildman–Crippen MR) is 119 cm³/mol. The molecule has 5 rings (SSSR count). The second kappa shape index (κ2) is 7.59. The quantitative estimate of drug-likeness (QED) is 0.681. The molecule has 0 radical (unpaired) electrons. The Morgan fingerprint density at radius 1 is 1.19 bits per heavy atom.